The molecule has 4 rings (SSSR count). The predicted molar refractivity (Wildman–Crippen MR) is 133 cm³/mol. The van der Waals surface area contributed by atoms with E-state index in [1.54, 1.807) is 12.1 Å². The van der Waals surface area contributed by atoms with Crippen LogP contribution in [0.4, 0.5) is 16.2 Å². The quantitative estimate of drug-likeness (QED) is 0.224. The minimum atomic E-state index is -0.816. The molecule has 0 aliphatic rings. The molecule has 174 valence electrons. The second-order valence-electron chi connectivity index (χ2n) is 7.90. The number of H-pyrrole nitrogens is 1. The summed E-state index contributed by atoms with van der Waals surface area (Å²) < 4.78 is 0. The molecule has 3 aromatic carbocycles. The van der Waals surface area contributed by atoms with Gasteiger partial charge in [-0.1, -0.05) is 36.4 Å². The van der Waals surface area contributed by atoms with Crippen LogP contribution in [0.5, 0.6) is 5.75 Å². The first kappa shape index (κ1) is 23.0. The Labute approximate surface area is 196 Å². The molecule has 1 aromatic heterocycles. The van der Waals surface area contributed by atoms with Gasteiger partial charge in [0.15, 0.2) is 0 Å². The Morgan fingerprint density at radius 3 is 2.50 bits per heavy atom. The maximum atomic E-state index is 12.2. The largest absolute Gasteiger partial charge is 0.506 e. The van der Waals surface area contributed by atoms with Gasteiger partial charge in [0.2, 0.25) is 5.56 Å². The highest BCUT2D eigenvalue weighted by Gasteiger charge is 2.13. The van der Waals surface area contributed by atoms with E-state index in [4.69, 9.17) is 0 Å². The predicted octanol–water partition coefficient (Wildman–Crippen LogP) is 3.74. The summed E-state index contributed by atoms with van der Waals surface area (Å²) in [5.74, 6) is -0.0393. The van der Waals surface area contributed by atoms with Crippen molar-refractivity contribution in [2.45, 2.75) is 12.5 Å². The smallest absolute Gasteiger partial charge is 0.323 e. The van der Waals surface area contributed by atoms with Crippen LogP contribution in [0.1, 0.15) is 17.2 Å². The van der Waals surface area contributed by atoms with E-state index in [9.17, 15) is 19.8 Å². The highest BCUT2D eigenvalue weighted by Crippen LogP contribution is 2.28. The Bertz CT molecular complexity index is 1340. The number of urea groups is 1. The summed E-state index contributed by atoms with van der Waals surface area (Å²) in [6.07, 6.45) is -0.115. The lowest BCUT2D eigenvalue weighted by atomic mass is 10.0. The summed E-state index contributed by atoms with van der Waals surface area (Å²) >= 11 is 0. The average molecular weight is 459 g/mol. The number of para-hydroxylation sites is 1. The maximum Gasteiger partial charge on any atom is 0.323 e. The summed E-state index contributed by atoms with van der Waals surface area (Å²) in [6, 6.07) is 22.6. The number of carbonyl (C=O) groups excluding carboxylic acids is 1. The number of aliphatic hydroxyl groups excluding tert-OH is 1. The number of nitrogens with one attached hydrogen (secondary N) is 4. The second-order valence-corrected chi connectivity index (χ2v) is 7.90. The zero-order valence-electron chi connectivity index (χ0n) is 18.4. The van der Waals surface area contributed by atoms with Crippen molar-refractivity contribution >= 4 is 28.3 Å². The first-order valence-electron chi connectivity index (χ1n) is 11.0. The lowest BCUT2D eigenvalue weighted by Crippen LogP contribution is -2.24. The molecule has 1 atom stereocenters. The minimum absolute atomic E-state index is 0.0393. The molecule has 8 nitrogen and oxygen atoms in total. The van der Waals surface area contributed by atoms with Crippen LogP contribution >= 0.6 is 0 Å². The molecule has 8 heteroatoms. The number of phenols is 1. The molecule has 0 radical (unpaired) electrons. The number of phenolic OH excluding ortho intramolecular Hbond substituents is 1. The van der Waals surface area contributed by atoms with Crippen LogP contribution in [0.2, 0.25) is 0 Å². The molecule has 0 spiro atoms. The topological polar surface area (TPSA) is 126 Å². The van der Waals surface area contributed by atoms with E-state index in [1.807, 2.05) is 54.6 Å². The molecular weight excluding hydrogens is 432 g/mol. The Morgan fingerprint density at radius 2 is 1.68 bits per heavy atom. The molecule has 0 fully saturated rings. The molecule has 0 aliphatic carbocycles. The summed E-state index contributed by atoms with van der Waals surface area (Å²) in [6.45, 7) is 0.917. The summed E-state index contributed by atoms with van der Waals surface area (Å²) in [4.78, 5) is 26.4. The highest BCUT2D eigenvalue weighted by atomic mass is 16.3. The van der Waals surface area contributed by atoms with E-state index in [1.165, 1.54) is 12.1 Å². The zero-order valence-corrected chi connectivity index (χ0v) is 18.4. The van der Waals surface area contributed by atoms with Crippen molar-refractivity contribution < 1.29 is 15.0 Å². The maximum absolute atomic E-state index is 12.2. The molecule has 0 unspecified atom stereocenters. The number of aliphatic hydroxyl groups is 1. The number of benzene rings is 3. The van der Waals surface area contributed by atoms with Gasteiger partial charge >= 0.3 is 6.03 Å². The van der Waals surface area contributed by atoms with E-state index >= 15 is 0 Å². The normalized spacial score (nSPS) is 11.8. The Balaban J connectivity index is 1.30. The van der Waals surface area contributed by atoms with Gasteiger partial charge in [-0.3, -0.25) is 4.79 Å². The Kier molecular flexibility index (Phi) is 7.22. The fraction of sp³-hybridized carbons (Fsp3) is 0.154. The van der Waals surface area contributed by atoms with Crippen molar-refractivity contribution in [3.05, 3.63) is 100 Å². The van der Waals surface area contributed by atoms with Gasteiger partial charge in [0.05, 0.1) is 11.6 Å². The molecule has 1 heterocycles. The Hall–Kier alpha value is -4.14. The number of hydrogen-bond acceptors (Lipinski definition) is 5. The lowest BCUT2D eigenvalue weighted by Gasteiger charge is -2.15. The SMILES string of the molecule is O=C(Nc1ccccc1)Nc1cccc(CCNC[C@@H](O)c2ccc(O)c3[nH]c(=O)ccc23)c1. The number of rotatable bonds is 8. The van der Waals surface area contributed by atoms with Crippen LogP contribution in [-0.4, -0.2) is 34.3 Å². The van der Waals surface area contributed by atoms with Crippen molar-refractivity contribution in [2.24, 2.45) is 0 Å². The van der Waals surface area contributed by atoms with Gasteiger partial charge in [-0.25, -0.2) is 4.79 Å². The van der Waals surface area contributed by atoms with Gasteiger partial charge in [-0.05, 0) is 60.5 Å². The van der Waals surface area contributed by atoms with Gasteiger partial charge in [-0.2, -0.15) is 0 Å². The zero-order chi connectivity index (χ0) is 23.9. The van der Waals surface area contributed by atoms with Crippen LogP contribution in [0.15, 0.2) is 83.7 Å². The van der Waals surface area contributed by atoms with Crippen LogP contribution in [0.25, 0.3) is 10.9 Å². The van der Waals surface area contributed by atoms with E-state index < -0.39 is 6.10 Å². The fourth-order valence-corrected chi connectivity index (χ4v) is 3.75. The van der Waals surface area contributed by atoms with E-state index in [0.29, 0.717) is 47.4 Å². The molecule has 0 aliphatic heterocycles. The number of hydrogen-bond donors (Lipinski definition) is 6. The molecule has 0 saturated carbocycles. The number of aromatic hydroxyl groups is 1. The van der Waals surface area contributed by atoms with Gasteiger partial charge in [0, 0.05) is 29.4 Å². The molecule has 6 N–H and O–H groups in total. The van der Waals surface area contributed by atoms with E-state index in [-0.39, 0.29) is 17.3 Å². The van der Waals surface area contributed by atoms with Crippen LogP contribution < -0.4 is 21.5 Å². The van der Waals surface area contributed by atoms with Crippen molar-refractivity contribution in [3.8, 4) is 5.75 Å². The standard InChI is InChI=1S/C26H26N4O4/c31-22-11-9-20(21-10-12-24(33)30-25(21)22)23(32)16-27-14-13-17-5-4-8-19(15-17)29-26(34)28-18-6-2-1-3-7-18/h1-12,15,23,27,31-32H,13-14,16H2,(H,30,33)(H2,28,29,34)/t23-/m1/s1. The molecular formula is C26H26N4O4. The monoisotopic (exact) mass is 458 g/mol. The summed E-state index contributed by atoms with van der Waals surface area (Å²) in [7, 11) is 0. The third-order valence-corrected chi connectivity index (χ3v) is 5.41. The first-order valence-corrected chi connectivity index (χ1v) is 11.0. The van der Waals surface area contributed by atoms with Crippen molar-refractivity contribution in [1.82, 2.24) is 10.3 Å². The number of anilines is 2. The Morgan fingerprint density at radius 1 is 0.912 bits per heavy atom. The van der Waals surface area contributed by atoms with Crippen LogP contribution in [0.3, 0.4) is 0 Å². The number of carbonyl (C=O) groups is 1. The summed E-state index contributed by atoms with van der Waals surface area (Å²) in [5.41, 5.74) is 3.05. The molecule has 0 saturated heterocycles. The molecule has 2 amide bonds. The lowest BCUT2D eigenvalue weighted by molar-refractivity contribution is 0.176. The van der Waals surface area contributed by atoms with Gasteiger partial charge in [0.25, 0.3) is 0 Å². The molecule has 0 bridgehead atoms. The van der Waals surface area contributed by atoms with Gasteiger partial charge in [-0.15, -0.1) is 0 Å². The van der Waals surface area contributed by atoms with Crippen LogP contribution in [0, 0.1) is 0 Å². The number of pyridine rings is 1. The van der Waals surface area contributed by atoms with Crippen molar-refractivity contribution in [1.29, 1.82) is 0 Å². The number of amides is 2. The highest BCUT2D eigenvalue weighted by molar-refractivity contribution is 5.99. The van der Waals surface area contributed by atoms with Crippen molar-refractivity contribution in [3.63, 3.8) is 0 Å². The average Bonchev–Trinajstić information content (AvgIpc) is 2.83. The number of aromatic nitrogens is 1. The van der Waals surface area contributed by atoms with Crippen LogP contribution in [-0.2, 0) is 6.42 Å². The van der Waals surface area contributed by atoms with Gasteiger partial charge < -0.3 is 31.1 Å². The van der Waals surface area contributed by atoms with Gasteiger partial charge in [0.1, 0.15) is 5.75 Å². The summed E-state index contributed by atoms with van der Waals surface area (Å²) in [5, 5.41) is 30.1. The minimum Gasteiger partial charge on any atom is -0.506 e. The van der Waals surface area contributed by atoms with E-state index in [0.717, 1.165) is 5.56 Å². The third kappa shape index (κ3) is 5.80. The first-order chi connectivity index (χ1) is 16.5. The number of aromatic amines is 1. The second kappa shape index (κ2) is 10.7. The third-order valence-electron chi connectivity index (χ3n) is 5.41. The van der Waals surface area contributed by atoms with E-state index in [2.05, 4.69) is 20.9 Å². The van der Waals surface area contributed by atoms with Crippen molar-refractivity contribution in [2.75, 3.05) is 23.7 Å². The molecule has 4 aromatic rings. The molecule has 34 heavy (non-hydrogen) atoms. The number of fused-ring (bicyclic) bond motifs is 1. The fourth-order valence-electron chi connectivity index (χ4n) is 3.75.